The van der Waals surface area contributed by atoms with Crippen molar-refractivity contribution in [2.75, 3.05) is 0 Å². The van der Waals surface area contributed by atoms with Crippen LogP contribution in [-0.2, 0) is 0 Å². The summed E-state index contributed by atoms with van der Waals surface area (Å²) in [6.45, 7) is 0. The minimum atomic E-state index is -1.59. The summed E-state index contributed by atoms with van der Waals surface area (Å²) >= 11 is 0. The van der Waals surface area contributed by atoms with Crippen LogP contribution in [0.3, 0.4) is 0 Å². The van der Waals surface area contributed by atoms with Gasteiger partial charge in [-0.15, -0.1) is 0 Å². The number of hydrogen-bond donors (Lipinski definition) is 3. The van der Waals surface area contributed by atoms with E-state index in [2.05, 4.69) is 9.97 Å². The predicted octanol–water partition coefficient (Wildman–Crippen LogP) is 0.724. The molecular formula is C11H6N2O6. The van der Waals surface area contributed by atoms with E-state index in [1.54, 1.807) is 0 Å². The summed E-state index contributed by atoms with van der Waals surface area (Å²) in [7, 11) is 0. The molecule has 0 saturated heterocycles. The van der Waals surface area contributed by atoms with Crippen molar-refractivity contribution in [1.29, 1.82) is 0 Å². The predicted molar refractivity (Wildman–Crippen MR) is 60.4 cm³/mol. The highest BCUT2D eigenvalue weighted by atomic mass is 16.4. The maximum absolute atomic E-state index is 11.0. The van der Waals surface area contributed by atoms with E-state index in [9.17, 15) is 14.4 Å². The molecule has 2 rings (SSSR count). The Morgan fingerprint density at radius 1 is 0.842 bits per heavy atom. The van der Waals surface area contributed by atoms with Crippen molar-refractivity contribution in [3.8, 4) is 0 Å². The number of carboxylic acid groups (broad SMARTS) is 3. The van der Waals surface area contributed by atoms with Gasteiger partial charge in [0.15, 0.2) is 11.4 Å². The molecule has 0 unspecified atom stereocenters. The van der Waals surface area contributed by atoms with Crippen molar-refractivity contribution in [2.45, 2.75) is 0 Å². The van der Waals surface area contributed by atoms with E-state index in [0.29, 0.717) is 0 Å². The van der Waals surface area contributed by atoms with E-state index in [0.717, 1.165) is 0 Å². The fourth-order valence-electron chi connectivity index (χ4n) is 1.55. The van der Waals surface area contributed by atoms with E-state index < -0.39 is 29.3 Å². The van der Waals surface area contributed by atoms with E-state index in [1.807, 2.05) is 0 Å². The normalized spacial score (nSPS) is 10.3. The first-order valence-electron chi connectivity index (χ1n) is 4.92. The fraction of sp³-hybridized carbons (Fsp3) is 0. The number of carboxylic acids is 3. The van der Waals surface area contributed by atoms with Crippen LogP contribution in [0.4, 0.5) is 0 Å². The molecular weight excluding hydrogens is 256 g/mol. The lowest BCUT2D eigenvalue weighted by atomic mass is 10.1. The SMILES string of the molecule is O=C(O)c1nc2cccc(C(=O)O)c2nc1C(=O)O. The van der Waals surface area contributed by atoms with Gasteiger partial charge >= 0.3 is 17.9 Å². The van der Waals surface area contributed by atoms with Gasteiger partial charge in [0.05, 0.1) is 11.1 Å². The second kappa shape index (κ2) is 4.33. The molecule has 0 saturated carbocycles. The van der Waals surface area contributed by atoms with Gasteiger partial charge in [0, 0.05) is 0 Å². The summed E-state index contributed by atoms with van der Waals surface area (Å²) in [4.78, 5) is 40.1. The smallest absolute Gasteiger partial charge is 0.357 e. The maximum atomic E-state index is 11.0. The van der Waals surface area contributed by atoms with Crippen molar-refractivity contribution in [2.24, 2.45) is 0 Å². The summed E-state index contributed by atoms with van der Waals surface area (Å²) in [6, 6.07) is 3.95. The molecule has 0 aliphatic carbocycles. The average Bonchev–Trinajstić information content (AvgIpc) is 2.35. The quantitative estimate of drug-likeness (QED) is 0.735. The van der Waals surface area contributed by atoms with Gasteiger partial charge in [0.1, 0.15) is 5.52 Å². The standard InChI is InChI=1S/C11H6N2O6/c14-9(15)4-2-1-3-5-6(4)13-8(11(18)19)7(12-5)10(16)17/h1-3H,(H,14,15)(H,16,17)(H,18,19). The Morgan fingerprint density at radius 2 is 1.42 bits per heavy atom. The molecule has 8 heteroatoms. The van der Waals surface area contributed by atoms with Gasteiger partial charge in [0.2, 0.25) is 0 Å². The fourth-order valence-corrected chi connectivity index (χ4v) is 1.55. The molecule has 8 nitrogen and oxygen atoms in total. The van der Waals surface area contributed by atoms with Crippen LogP contribution in [0.15, 0.2) is 18.2 Å². The minimum Gasteiger partial charge on any atom is -0.478 e. The lowest BCUT2D eigenvalue weighted by Gasteiger charge is -2.05. The number of nitrogens with zero attached hydrogens (tertiary/aromatic N) is 2. The summed E-state index contributed by atoms with van der Waals surface area (Å²) in [5, 5.41) is 26.7. The second-order valence-electron chi connectivity index (χ2n) is 3.51. The average molecular weight is 262 g/mol. The molecule has 0 fully saturated rings. The van der Waals surface area contributed by atoms with Crippen molar-refractivity contribution >= 4 is 28.9 Å². The summed E-state index contributed by atoms with van der Waals surface area (Å²) < 4.78 is 0. The van der Waals surface area contributed by atoms with E-state index in [1.165, 1.54) is 18.2 Å². The Kier molecular flexibility index (Phi) is 2.83. The molecule has 0 bridgehead atoms. The zero-order valence-corrected chi connectivity index (χ0v) is 9.19. The van der Waals surface area contributed by atoms with Crippen LogP contribution in [0.1, 0.15) is 31.3 Å². The summed E-state index contributed by atoms with van der Waals surface area (Å²) in [5.74, 6) is -4.45. The molecule has 0 amide bonds. The molecule has 3 N–H and O–H groups in total. The van der Waals surface area contributed by atoms with Gasteiger partial charge in [0.25, 0.3) is 0 Å². The third kappa shape index (κ3) is 2.06. The third-order valence-electron chi connectivity index (χ3n) is 2.33. The van der Waals surface area contributed by atoms with Gasteiger partial charge in [-0.05, 0) is 12.1 Å². The first-order valence-corrected chi connectivity index (χ1v) is 4.92. The molecule has 0 spiro atoms. The summed E-state index contributed by atoms with van der Waals surface area (Å²) in [6.07, 6.45) is 0. The number of para-hydroxylation sites is 1. The first kappa shape index (κ1) is 12.4. The topological polar surface area (TPSA) is 138 Å². The number of benzene rings is 1. The highest BCUT2D eigenvalue weighted by Gasteiger charge is 2.22. The number of aromatic carboxylic acids is 3. The molecule has 0 radical (unpaired) electrons. The Bertz CT molecular complexity index is 724. The lowest BCUT2D eigenvalue weighted by Crippen LogP contribution is -2.14. The maximum Gasteiger partial charge on any atom is 0.357 e. The third-order valence-corrected chi connectivity index (χ3v) is 2.33. The highest BCUT2D eigenvalue weighted by molar-refractivity contribution is 6.05. The van der Waals surface area contributed by atoms with E-state index in [4.69, 9.17) is 15.3 Å². The van der Waals surface area contributed by atoms with Gasteiger partial charge < -0.3 is 15.3 Å². The molecule has 0 aliphatic heterocycles. The second-order valence-corrected chi connectivity index (χ2v) is 3.51. The van der Waals surface area contributed by atoms with Crippen LogP contribution in [0, 0.1) is 0 Å². The van der Waals surface area contributed by atoms with Crippen molar-refractivity contribution in [3.05, 3.63) is 35.2 Å². The van der Waals surface area contributed by atoms with Gasteiger partial charge in [-0.25, -0.2) is 24.4 Å². The number of aromatic nitrogens is 2. The van der Waals surface area contributed by atoms with E-state index >= 15 is 0 Å². The van der Waals surface area contributed by atoms with E-state index in [-0.39, 0.29) is 16.6 Å². The van der Waals surface area contributed by atoms with Crippen LogP contribution in [-0.4, -0.2) is 43.2 Å². The molecule has 2 aromatic rings. The van der Waals surface area contributed by atoms with Crippen LogP contribution < -0.4 is 0 Å². The minimum absolute atomic E-state index is 0.00213. The van der Waals surface area contributed by atoms with Crippen LogP contribution in [0.25, 0.3) is 11.0 Å². The van der Waals surface area contributed by atoms with Crippen LogP contribution in [0.2, 0.25) is 0 Å². The zero-order chi connectivity index (χ0) is 14.2. The monoisotopic (exact) mass is 262 g/mol. The molecule has 1 heterocycles. The Labute approximate surface area is 105 Å². The molecule has 1 aromatic carbocycles. The van der Waals surface area contributed by atoms with Crippen molar-refractivity contribution < 1.29 is 29.7 Å². The molecule has 96 valence electrons. The molecule has 0 atom stereocenters. The van der Waals surface area contributed by atoms with Crippen molar-refractivity contribution in [1.82, 2.24) is 9.97 Å². The molecule has 19 heavy (non-hydrogen) atoms. The van der Waals surface area contributed by atoms with Gasteiger partial charge in [-0.1, -0.05) is 6.07 Å². The Balaban J connectivity index is 2.89. The Morgan fingerprint density at radius 3 is 1.95 bits per heavy atom. The lowest BCUT2D eigenvalue weighted by molar-refractivity contribution is 0.0641. The van der Waals surface area contributed by atoms with Crippen LogP contribution >= 0.6 is 0 Å². The van der Waals surface area contributed by atoms with Gasteiger partial charge in [-0.2, -0.15) is 0 Å². The summed E-state index contributed by atoms with van der Waals surface area (Å²) in [5.41, 5.74) is -1.94. The number of hydrogen-bond acceptors (Lipinski definition) is 5. The number of fused-ring (bicyclic) bond motifs is 1. The largest absolute Gasteiger partial charge is 0.478 e. The number of carbonyl (C=O) groups is 3. The molecule has 1 aromatic heterocycles. The number of rotatable bonds is 3. The van der Waals surface area contributed by atoms with Crippen LogP contribution in [0.5, 0.6) is 0 Å². The molecule has 0 aliphatic rings. The van der Waals surface area contributed by atoms with Crippen molar-refractivity contribution in [3.63, 3.8) is 0 Å². The zero-order valence-electron chi connectivity index (χ0n) is 9.19. The van der Waals surface area contributed by atoms with Gasteiger partial charge in [-0.3, -0.25) is 0 Å². The Hall–Kier alpha value is -3.03. The first-order chi connectivity index (χ1) is 8.91. The highest BCUT2D eigenvalue weighted by Crippen LogP contribution is 2.17.